The number of hydrogen-bond donors (Lipinski definition) is 1. The normalized spacial score (nSPS) is 14.4. The van der Waals surface area contributed by atoms with Gasteiger partial charge in [0.2, 0.25) is 0 Å². The van der Waals surface area contributed by atoms with Gasteiger partial charge < -0.3 is 10.5 Å². The van der Waals surface area contributed by atoms with Crippen molar-refractivity contribution in [2.45, 2.75) is 44.9 Å². The van der Waals surface area contributed by atoms with Gasteiger partial charge in [0.1, 0.15) is 5.75 Å². The van der Waals surface area contributed by atoms with Gasteiger partial charge in [-0.05, 0) is 68.2 Å². The Bertz CT molecular complexity index is 417. The van der Waals surface area contributed by atoms with Gasteiger partial charge in [0.25, 0.3) is 0 Å². The van der Waals surface area contributed by atoms with E-state index in [4.69, 9.17) is 22.1 Å². The Kier molecular flexibility index (Phi) is 4.90. The zero-order valence-electron chi connectivity index (χ0n) is 11.1. The van der Waals surface area contributed by atoms with Crippen LogP contribution in [0.25, 0.3) is 0 Å². The summed E-state index contributed by atoms with van der Waals surface area (Å²) in [5, 5.41) is 0.845. The van der Waals surface area contributed by atoms with Crippen LogP contribution in [0, 0.1) is 0 Å². The van der Waals surface area contributed by atoms with Gasteiger partial charge in [-0.1, -0.05) is 17.7 Å². The zero-order chi connectivity index (χ0) is 13.0. The minimum atomic E-state index is 0.751. The van der Waals surface area contributed by atoms with Crippen LogP contribution in [0.15, 0.2) is 6.07 Å². The highest BCUT2D eigenvalue weighted by molar-refractivity contribution is 6.33. The number of methoxy groups -OCH3 is 1. The quantitative estimate of drug-likeness (QED) is 0.829. The topological polar surface area (TPSA) is 35.2 Å². The van der Waals surface area contributed by atoms with Crippen LogP contribution in [0.5, 0.6) is 5.75 Å². The third kappa shape index (κ3) is 2.81. The Hall–Kier alpha value is -0.730. The molecule has 0 aliphatic heterocycles. The van der Waals surface area contributed by atoms with Crippen molar-refractivity contribution in [3.05, 3.63) is 27.8 Å². The molecule has 1 aromatic rings. The van der Waals surface area contributed by atoms with E-state index in [0.717, 1.165) is 49.4 Å². The van der Waals surface area contributed by atoms with Crippen molar-refractivity contribution in [3.8, 4) is 5.75 Å². The summed E-state index contributed by atoms with van der Waals surface area (Å²) in [6.07, 6.45) is 7.92. The molecule has 0 atom stereocenters. The Morgan fingerprint density at radius 2 is 2.06 bits per heavy atom. The maximum Gasteiger partial charge on any atom is 0.140 e. The number of unbranched alkanes of at least 4 members (excludes halogenated alkanes) is 1. The summed E-state index contributed by atoms with van der Waals surface area (Å²) < 4.78 is 5.51. The molecule has 0 spiro atoms. The van der Waals surface area contributed by atoms with Crippen LogP contribution < -0.4 is 10.5 Å². The van der Waals surface area contributed by atoms with Gasteiger partial charge in [-0.2, -0.15) is 0 Å². The standard InChI is InChI=1S/C15H22ClNO/c1-18-15-12(7-4-5-9-17)10-11-6-2-3-8-13(11)14(15)16/h10H,2-9,17H2,1H3. The summed E-state index contributed by atoms with van der Waals surface area (Å²) in [6, 6.07) is 2.30. The first-order valence-corrected chi connectivity index (χ1v) is 7.23. The highest BCUT2D eigenvalue weighted by Crippen LogP contribution is 2.38. The smallest absolute Gasteiger partial charge is 0.140 e. The van der Waals surface area contributed by atoms with E-state index in [1.165, 1.54) is 29.5 Å². The summed E-state index contributed by atoms with van der Waals surface area (Å²) in [5.41, 5.74) is 9.53. The monoisotopic (exact) mass is 267 g/mol. The van der Waals surface area contributed by atoms with Crippen LogP contribution in [-0.4, -0.2) is 13.7 Å². The molecule has 2 rings (SSSR count). The fourth-order valence-corrected chi connectivity index (χ4v) is 3.17. The van der Waals surface area contributed by atoms with Crippen LogP contribution in [0.2, 0.25) is 5.02 Å². The van der Waals surface area contributed by atoms with E-state index in [9.17, 15) is 0 Å². The Morgan fingerprint density at radius 1 is 1.28 bits per heavy atom. The van der Waals surface area contributed by atoms with Gasteiger partial charge >= 0.3 is 0 Å². The summed E-state index contributed by atoms with van der Waals surface area (Å²) in [6.45, 7) is 0.751. The van der Waals surface area contributed by atoms with Gasteiger partial charge in [0.05, 0.1) is 12.1 Å². The number of nitrogens with two attached hydrogens (primary N) is 1. The summed E-state index contributed by atoms with van der Waals surface area (Å²) in [7, 11) is 1.71. The van der Waals surface area contributed by atoms with E-state index in [1.807, 2.05) is 0 Å². The third-order valence-electron chi connectivity index (χ3n) is 3.72. The molecule has 18 heavy (non-hydrogen) atoms. The first-order chi connectivity index (χ1) is 8.77. The van der Waals surface area contributed by atoms with Crippen molar-refractivity contribution < 1.29 is 4.74 Å². The second-order valence-corrected chi connectivity index (χ2v) is 5.35. The molecule has 100 valence electrons. The maximum atomic E-state index is 6.50. The van der Waals surface area contributed by atoms with Gasteiger partial charge in [-0.25, -0.2) is 0 Å². The first kappa shape index (κ1) is 13.7. The highest BCUT2D eigenvalue weighted by Gasteiger charge is 2.19. The fraction of sp³-hybridized carbons (Fsp3) is 0.600. The molecule has 2 nitrogen and oxygen atoms in total. The van der Waals surface area contributed by atoms with Crippen molar-refractivity contribution in [3.63, 3.8) is 0 Å². The number of rotatable bonds is 5. The second-order valence-electron chi connectivity index (χ2n) is 4.97. The van der Waals surface area contributed by atoms with E-state index < -0.39 is 0 Å². The van der Waals surface area contributed by atoms with Crippen molar-refractivity contribution >= 4 is 11.6 Å². The lowest BCUT2D eigenvalue weighted by Crippen LogP contribution is -2.07. The van der Waals surface area contributed by atoms with Crippen LogP contribution in [0.1, 0.15) is 42.4 Å². The van der Waals surface area contributed by atoms with E-state index in [1.54, 1.807) is 7.11 Å². The molecule has 0 saturated heterocycles. The van der Waals surface area contributed by atoms with Crippen LogP contribution in [0.4, 0.5) is 0 Å². The molecule has 1 aliphatic carbocycles. The summed E-state index contributed by atoms with van der Waals surface area (Å²) in [5.74, 6) is 0.884. The van der Waals surface area contributed by atoms with Gasteiger partial charge in [-0.3, -0.25) is 0 Å². The van der Waals surface area contributed by atoms with E-state index in [0.29, 0.717) is 0 Å². The van der Waals surface area contributed by atoms with Crippen molar-refractivity contribution in [2.75, 3.05) is 13.7 Å². The molecule has 0 amide bonds. The first-order valence-electron chi connectivity index (χ1n) is 6.85. The summed E-state index contributed by atoms with van der Waals surface area (Å²) >= 11 is 6.50. The van der Waals surface area contributed by atoms with E-state index in [-0.39, 0.29) is 0 Å². The molecule has 0 fully saturated rings. The summed E-state index contributed by atoms with van der Waals surface area (Å²) in [4.78, 5) is 0. The van der Waals surface area contributed by atoms with Crippen molar-refractivity contribution in [1.29, 1.82) is 0 Å². The number of ether oxygens (including phenoxy) is 1. The van der Waals surface area contributed by atoms with Crippen LogP contribution >= 0.6 is 11.6 Å². The molecule has 3 heteroatoms. The van der Waals surface area contributed by atoms with Crippen molar-refractivity contribution in [1.82, 2.24) is 0 Å². The maximum absolute atomic E-state index is 6.50. The molecule has 2 N–H and O–H groups in total. The number of hydrogen-bond acceptors (Lipinski definition) is 2. The van der Waals surface area contributed by atoms with Gasteiger partial charge in [0, 0.05) is 0 Å². The van der Waals surface area contributed by atoms with E-state index in [2.05, 4.69) is 6.07 Å². The molecule has 1 aromatic carbocycles. The van der Waals surface area contributed by atoms with Crippen LogP contribution in [-0.2, 0) is 19.3 Å². The molecule has 0 heterocycles. The molecular formula is C15H22ClNO. The van der Waals surface area contributed by atoms with Gasteiger partial charge in [-0.15, -0.1) is 0 Å². The Balaban J connectivity index is 2.30. The number of fused-ring (bicyclic) bond motifs is 1. The van der Waals surface area contributed by atoms with Crippen molar-refractivity contribution in [2.24, 2.45) is 5.73 Å². The van der Waals surface area contributed by atoms with Gasteiger partial charge in [0.15, 0.2) is 0 Å². The average molecular weight is 268 g/mol. The second kappa shape index (κ2) is 6.44. The molecule has 0 unspecified atom stereocenters. The lowest BCUT2D eigenvalue weighted by molar-refractivity contribution is 0.408. The minimum absolute atomic E-state index is 0.751. The number of halogens is 1. The predicted molar refractivity (Wildman–Crippen MR) is 76.6 cm³/mol. The molecular weight excluding hydrogens is 246 g/mol. The van der Waals surface area contributed by atoms with E-state index >= 15 is 0 Å². The third-order valence-corrected chi connectivity index (χ3v) is 4.12. The SMILES string of the molecule is COc1c(CCCCN)cc2c(c1Cl)CCCC2. The minimum Gasteiger partial charge on any atom is -0.495 e. The Labute approximate surface area is 114 Å². The highest BCUT2D eigenvalue weighted by atomic mass is 35.5. The number of benzene rings is 1. The van der Waals surface area contributed by atoms with Crippen LogP contribution in [0.3, 0.4) is 0 Å². The molecule has 0 saturated carbocycles. The zero-order valence-corrected chi connectivity index (χ0v) is 11.9. The average Bonchev–Trinajstić information content (AvgIpc) is 2.39. The Morgan fingerprint density at radius 3 is 2.78 bits per heavy atom. The predicted octanol–water partition coefficient (Wildman–Crippen LogP) is 3.51. The molecule has 0 bridgehead atoms. The molecule has 1 aliphatic rings. The number of aryl methyl sites for hydroxylation is 2. The fourth-order valence-electron chi connectivity index (χ4n) is 2.76. The molecule has 0 aromatic heterocycles. The lowest BCUT2D eigenvalue weighted by Gasteiger charge is -2.21. The largest absolute Gasteiger partial charge is 0.495 e. The lowest BCUT2D eigenvalue weighted by atomic mass is 9.89. The molecule has 0 radical (unpaired) electrons.